The zero-order chi connectivity index (χ0) is 12.6. The molecule has 0 unspecified atom stereocenters. The summed E-state index contributed by atoms with van der Waals surface area (Å²) in [4.78, 5) is 0. The Morgan fingerprint density at radius 2 is 1.44 bits per heavy atom. The second kappa shape index (κ2) is 4.79. The highest BCUT2D eigenvalue weighted by Gasteiger charge is 2.48. The first-order chi connectivity index (χ1) is 7.24. The molecule has 3 heteroatoms. The number of hydrogen-bond donors (Lipinski definition) is 0. The summed E-state index contributed by atoms with van der Waals surface area (Å²) in [5.74, 6) is 0. The van der Waals surface area contributed by atoms with Gasteiger partial charge in [-0.25, -0.2) is 0 Å². The molecule has 0 bridgehead atoms. The van der Waals surface area contributed by atoms with E-state index in [2.05, 4.69) is 48.5 Å². The maximum absolute atomic E-state index is 6.45. The summed E-state index contributed by atoms with van der Waals surface area (Å²) in [6.45, 7) is 17.7. The molecule has 1 atom stereocenters. The zero-order valence-corrected chi connectivity index (χ0v) is 13.0. The monoisotopic (exact) mass is 244 g/mol. The first-order valence-electron chi connectivity index (χ1n) is 6.52. The van der Waals surface area contributed by atoms with E-state index in [1.807, 2.05) is 0 Å². The van der Waals surface area contributed by atoms with Gasteiger partial charge in [0.05, 0.1) is 13.2 Å². The van der Waals surface area contributed by atoms with Crippen LogP contribution in [0.2, 0.25) is 16.6 Å². The van der Waals surface area contributed by atoms with Gasteiger partial charge in [-0.1, -0.05) is 41.5 Å². The fraction of sp³-hybridized carbons (Fsp3) is 1.00. The van der Waals surface area contributed by atoms with Gasteiger partial charge in [0.1, 0.15) is 5.60 Å². The molecular weight excluding hydrogens is 216 g/mol. The topological polar surface area (TPSA) is 21.8 Å². The van der Waals surface area contributed by atoms with E-state index in [1.54, 1.807) is 0 Å². The maximum Gasteiger partial charge on any atom is 0.200 e. The van der Waals surface area contributed by atoms with Crippen LogP contribution in [0.1, 0.15) is 48.5 Å². The van der Waals surface area contributed by atoms with Gasteiger partial charge in [-0.2, -0.15) is 0 Å². The standard InChI is InChI=1S/C13H28O2Si/c1-10(2)16(11(3)4,12(5)6)15-9-13(7)8-14-13/h10-12H,8-9H2,1-7H3/t13-/m1/s1. The van der Waals surface area contributed by atoms with Crippen LogP contribution in [0.5, 0.6) is 0 Å². The van der Waals surface area contributed by atoms with E-state index in [-0.39, 0.29) is 5.60 Å². The summed E-state index contributed by atoms with van der Waals surface area (Å²) in [7, 11) is -1.68. The first kappa shape index (κ1) is 14.2. The quantitative estimate of drug-likeness (QED) is 0.521. The Bertz CT molecular complexity index is 210. The van der Waals surface area contributed by atoms with E-state index in [1.165, 1.54) is 0 Å². The largest absolute Gasteiger partial charge is 0.413 e. The minimum atomic E-state index is -1.68. The predicted molar refractivity (Wildman–Crippen MR) is 71.4 cm³/mol. The Kier molecular flexibility index (Phi) is 4.25. The van der Waals surface area contributed by atoms with Crippen LogP contribution < -0.4 is 0 Å². The van der Waals surface area contributed by atoms with E-state index in [0.717, 1.165) is 13.2 Å². The Morgan fingerprint density at radius 1 is 1.06 bits per heavy atom. The minimum Gasteiger partial charge on any atom is -0.413 e. The van der Waals surface area contributed by atoms with Crippen LogP contribution in [-0.4, -0.2) is 27.1 Å². The van der Waals surface area contributed by atoms with Crippen molar-refractivity contribution in [2.75, 3.05) is 13.2 Å². The van der Waals surface area contributed by atoms with Crippen molar-refractivity contribution in [1.82, 2.24) is 0 Å². The normalized spacial score (nSPS) is 25.9. The van der Waals surface area contributed by atoms with Gasteiger partial charge in [0.2, 0.25) is 0 Å². The molecular formula is C13H28O2Si. The molecule has 0 aromatic rings. The molecule has 2 nitrogen and oxygen atoms in total. The van der Waals surface area contributed by atoms with Gasteiger partial charge in [-0.3, -0.25) is 0 Å². The predicted octanol–water partition coefficient (Wildman–Crippen LogP) is 3.97. The summed E-state index contributed by atoms with van der Waals surface area (Å²) in [6.07, 6.45) is 0. The molecule has 1 heterocycles. The van der Waals surface area contributed by atoms with Gasteiger partial charge in [-0.15, -0.1) is 0 Å². The molecule has 0 N–H and O–H groups in total. The summed E-state index contributed by atoms with van der Waals surface area (Å²) < 4.78 is 11.9. The first-order valence-corrected chi connectivity index (χ1v) is 8.66. The highest BCUT2D eigenvalue weighted by Crippen LogP contribution is 2.43. The van der Waals surface area contributed by atoms with Crippen LogP contribution in [0, 0.1) is 0 Å². The lowest BCUT2D eigenvalue weighted by Crippen LogP contribution is -2.49. The van der Waals surface area contributed by atoms with Crippen molar-refractivity contribution in [2.45, 2.75) is 70.7 Å². The molecule has 16 heavy (non-hydrogen) atoms. The second-order valence-corrected chi connectivity index (χ2v) is 11.8. The Morgan fingerprint density at radius 3 is 1.69 bits per heavy atom. The number of ether oxygens (including phenoxy) is 1. The van der Waals surface area contributed by atoms with Crippen LogP contribution in [0.25, 0.3) is 0 Å². The van der Waals surface area contributed by atoms with E-state index in [9.17, 15) is 0 Å². The van der Waals surface area contributed by atoms with Crippen LogP contribution >= 0.6 is 0 Å². The Balaban J connectivity index is 2.75. The minimum absolute atomic E-state index is 0.0247. The maximum atomic E-state index is 6.45. The van der Waals surface area contributed by atoms with Crippen molar-refractivity contribution in [2.24, 2.45) is 0 Å². The third-order valence-corrected chi connectivity index (χ3v) is 10.0. The lowest BCUT2D eigenvalue weighted by Gasteiger charge is -2.42. The lowest BCUT2D eigenvalue weighted by atomic mass is 10.2. The molecule has 1 aliphatic heterocycles. The third kappa shape index (κ3) is 2.69. The molecule has 96 valence electrons. The summed E-state index contributed by atoms with van der Waals surface area (Å²) >= 11 is 0. The average Bonchev–Trinajstić information content (AvgIpc) is 2.83. The van der Waals surface area contributed by atoms with Crippen LogP contribution in [-0.2, 0) is 9.16 Å². The van der Waals surface area contributed by atoms with E-state index < -0.39 is 8.32 Å². The van der Waals surface area contributed by atoms with Crippen molar-refractivity contribution in [3.8, 4) is 0 Å². The van der Waals surface area contributed by atoms with Gasteiger partial charge in [0, 0.05) is 0 Å². The fourth-order valence-electron chi connectivity index (χ4n) is 2.98. The van der Waals surface area contributed by atoms with Crippen molar-refractivity contribution < 1.29 is 9.16 Å². The van der Waals surface area contributed by atoms with Crippen molar-refractivity contribution >= 4 is 8.32 Å². The molecule has 0 spiro atoms. The van der Waals surface area contributed by atoms with Crippen molar-refractivity contribution in [1.29, 1.82) is 0 Å². The van der Waals surface area contributed by atoms with Crippen molar-refractivity contribution in [3.63, 3.8) is 0 Å². The van der Waals surface area contributed by atoms with Crippen LogP contribution in [0.3, 0.4) is 0 Å². The zero-order valence-electron chi connectivity index (χ0n) is 12.0. The van der Waals surface area contributed by atoms with Gasteiger partial charge < -0.3 is 9.16 Å². The van der Waals surface area contributed by atoms with E-state index in [4.69, 9.17) is 9.16 Å². The van der Waals surface area contributed by atoms with Crippen LogP contribution in [0.4, 0.5) is 0 Å². The highest BCUT2D eigenvalue weighted by atomic mass is 28.4. The molecule has 0 aromatic heterocycles. The van der Waals surface area contributed by atoms with Gasteiger partial charge in [-0.05, 0) is 23.5 Å². The molecule has 1 rings (SSSR count). The molecule has 0 amide bonds. The highest BCUT2D eigenvalue weighted by molar-refractivity contribution is 6.77. The van der Waals surface area contributed by atoms with Gasteiger partial charge >= 0.3 is 0 Å². The molecule has 1 aliphatic rings. The number of rotatable bonds is 6. The molecule has 0 aliphatic carbocycles. The van der Waals surface area contributed by atoms with E-state index in [0.29, 0.717) is 16.6 Å². The summed E-state index contributed by atoms with van der Waals surface area (Å²) in [5.41, 5.74) is 2.01. The summed E-state index contributed by atoms with van der Waals surface area (Å²) in [5, 5.41) is 0. The average molecular weight is 244 g/mol. The molecule has 1 fully saturated rings. The summed E-state index contributed by atoms with van der Waals surface area (Å²) in [6, 6.07) is 0. The molecule has 0 radical (unpaired) electrons. The van der Waals surface area contributed by atoms with Gasteiger partial charge in [0.15, 0.2) is 8.32 Å². The number of epoxide rings is 1. The fourth-order valence-corrected chi connectivity index (χ4v) is 8.54. The molecule has 1 saturated heterocycles. The third-order valence-electron chi connectivity index (χ3n) is 3.97. The lowest BCUT2D eigenvalue weighted by molar-refractivity contribution is 0.183. The Hall–Kier alpha value is 0.137. The van der Waals surface area contributed by atoms with Gasteiger partial charge in [0.25, 0.3) is 0 Å². The molecule has 0 aromatic carbocycles. The number of hydrogen-bond acceptors (Lipinski definition) is 2. The Labute approximate surface area is 102 Å². The van der Waals surface area contributed by atoms with Crippen LogP contribution in [0.15, 0.2) is 0 Å². The molecule has 0 saturated carbocycles. The SMILES string of the molecule is CC(C)[Si](OC[C@@]1(C)CO1)(C(C)C)C(C)C. The van der Waals surface area contributed by atoms with Crippen molar-refractivity contribution in [3.05, 3.63) is 0 Å². The second-order valence-electron chi connectivity index (χ2n) is 6.34. The smallest absolute Gasteiger partial charge is 0.200 e. The van der Waals surface area contributed by atoms with E-state index >= 15 is 0 Å².